The number of rotatable bonds is 1. The third-order valence-electron chi connectivity index (χ3n) is 2.94. The van der Waals surface area contributed by atoms with Gasteiger partial charge in [0.25, 0.3) is 5.92 Å². The highest BCUT2D eigenvalue weighted by molar-refractivity contribution is 5.83. The van der Waals surface area contributed by atoms with Crippen molar-refractivity contribution in [2.24, 2.45) is 5.73 Å². The van der Waals surface area contributed by atoms with Crippen LogP contribution in [-0.4, -0.2) is 16.1 Å². The highest BCUT2D eigenvalue weighted by Gasteiger charge is 2.71. The maximum absolute atomic E-state index is 13.1. The quantitative estimate of drug-likeness (QED) is 0.751. The molecule has 15 heavy (non-hydrogen) atoms. The van der Waals surface area contributed by atoms with Crippen molar-refractivity contribution in [3.8, 4) is 0 Å². The number of nitrogens with zero attached hydrogens (tertiary/aromatic N) is 1. The Kier molecular flexibility index (Phi) is 1.38. The van der Waals surface area contributed by atoms with E-state index in [1.165, 1.54) is 0 Å². The maximum atomic E-state index is 13.1. The van der Waals surface area contributed by atoms with Crippen LogP contribution in [0.25, 0.3) is 10.9 Å². The van der Waals surface area contributed by atoms with Gasteiger partial charge in [0.15, 0.2) is 0 Å². The molecule has 2 aromatic rings. The van der Waals surface area contributed by atoms with Gasteiger partial charge in [0.2, 0.25) is 0 Å². The van der Waals surface area contributed by atoms with Gasteiger partial charge in [-0.05, 0) is 6.07 Å². The van der Waals surface area contributed by atoms with Crippen LogP contribution in [0.15, 0.2) is 24.3 Å². The third-order valence-corrected chi connectivity index (χ3v) is 2.94. The Bertz CT molecular complexity index is 534. The molecule has 5 heteroatoms. The second-order valence-corrected chi connectivity index (χ2v) is 3.97. The van der Waals surface area contributed by atoms with Crippen molar-refractivity contribution in [3.63, 3.8) is 0 Å². The van der Waals surface area contributed by atoms with E-state index in [0.29, 0.717) is 16.6 Å². The number of para-hydroxylation sites is 1. The lowest BCUT2D eigenvalue weighted by Gasteiger charge is -2.07. The first-order valence-electron chi connectivity index (χ1n) is 4.65. The fraction of sp³-hybridized carbons (Fsp3) is 0.300. The molecule has 0 radical (unpaired) electrons. The Morgan fingerprint density at radius 3 is 2.67 bits per heavy atom. The van der Waals surface area contributed by atoms with Crippen LogP contribution in [0.2, 0.25) is 0 Å². The van der Waals surface area contributed by atoms with Crippen molar-refractivity contribution < 1.29 is 8.78 Å². The monoisotopic (exact) mass is 209 g/mol. The van der Waals surface area contributed by atoms with Crippen LogP contribution >= 0.6 is 0 Å². The van der Waals surface area contributed by atoms with Crippen molar-refractivity contribution in [1.82, 2.24) is 10.2 Å². The second kappa shape index (κ2) is 2.36. The lowest BCUT2D eigenvalue weighted by Crippen LogP contribution is -2.27. The van der Waals surface area contributed by atoms with Crippen molar-refractivity contribution in [3.05, 3.63) is 30.0 Å². The fourth-order valence-electron chi connectivity index (χ4n) is 1.88. The van der Waals surface area contributed by atoms with Gasteiger partial charge in [-0.15, -0.1) is 0 Å². The molecule has 0 spiro atoms. The van der Waals surface area contributed by atoms with E-state index < -0.39 is 11.5 Å². The highest BCUT2D eigenvalue weighted by atomic mass is 19.3. The summed E-state index contributed by atoms with van der Waals surface area (Å²) in [4.78, 5) is 0. The first kappa shape index (κ1) is 8.79. The molecular weight excluding hydrogens is 200 g/mol. The lowest BCUT2D eigenvalue weighted by molar-refractivity contribution is 0.0884. The Hall–Kier alpha value is -1.49. The van der Waals surface area contributed by atoms with Crippen LogP contribution in [0.1, 0.15) is 12.1 Å². The minimum Gasteiger partial charge on any atom is -0.315 e. The van der Waals surface area contributed by atoms with Crippen LogP contribution in [0.3, 0.4) is 0 Å². The zero-order valence-corrected chi connectivity index (χ0v) is 7.80. The summed E-state index contributed by atoms with van der Waals surface area (Å²) in [7, 11) is 0. The lowest BCUT2D eigenvalue weighted by atomic mass is 10.1. The Labute approximate surface area is 84.3 Å². The van der Waals surface area contributed by atoms with E-state index in [-0.39, 0.29) is 6.42 Å². The van der Waals surface area contributed by atoms with E-state index in [1.54, 1.807) is 24.3 Å². The van der Waals surface area contributed by atoms with Gasteiger partial charge in [-0.3, -0.25) is 5.10 Å². The van der Waals surface area contributed by atoms with Crippen LogP contribution < -0.4 is 5.73 Å². The molecule has 0 bridgehead atoms. The van der Waals surface area contributed by atoms with Gasteiger partial charge in [-0.25, -0.2) is 8.78 Å². The molecule has 0 aliphatic heterocycles. The number of aromatic amines is 1. The van der Waals surface area contributed by atoms with Crippen molar-refractivity contribution >= 4 is 10.9 Å². The summed E-state index contributed by atoms with van der Waals surface area (Å²) in [6.45, 7) is 0. The normalized spacial score (nSPS) is 28.2. The first-order valence-corrected chi connectivity index (χ1v) is 4.65. The predicted molar refractivity (Wildman–Crippen MR) is 51.5 cm³/mol. The SMILES string of the molecule is NC1(c2[nH]nc3ccccc23)CC1(F)F. The zero-order valence-electron chi connectivity index (χ0n) is 7.80. The van der Waals surface area contributed by atoms with Gasteiger partial charge in [0, 0.05) is 11.8 Å². The molecule has 1 aromatic heterocycles. The molecule has 1 fully saturated rings. The Morgan fingerprint density at radius 2 is 2.00 bits per heavy atom. The molecule has 78 valence electrons. The van der Waals surface area contributed by atoms with Crippen molar-refractivity contribution in [2.45, 2.75) is 17.9 Å². The van der Waals surface area contributed by atoms with Gasteiger partial charge in [-0.2, -0.15) is 5.10 Å². The largest absolute Gasteiger partial charge is 0.315 e. The first-order chi connectivity index (χ1) is 7.05. The summed E-state index contributed by atoms with van der Waals surface area (Å²) in [5.74, 6) is -2.82. The van der Waals surface area contributed by atoms with Crippen LogP contribution in [-0.2, 0) is 5.54 Å². The number of halogens is 2. The van der Waals surface area contributed by atoms with Crippen molar-refractivity contribution in [2.75, 3.05) is 0 Å². The van der Waals surface area contributed by atoms with Gasteiger partial charge in [-0.1, -0.05) is 18.2 Å². The maximum Gasteiger partial charge on any atom is 0.273 e. The van der Waals surface area contributed by atoms with E-state index in [2.05, 4.69) is 10.2 Å². The number of aromatic nitrogens is 2. The van der Waals surface area contributed by atoms with Gasteiger partial charge in [0.05, 0.1) is 11.2 Å². The van der Waals surface area contributed by atoms with Gasteiger partial charge >= 0.3 is 0 Å². The summed E-state index contributed by atoms with van der Waals surface area (Å²) in [6, 6.07) is 7.10. The summed E-state index contributed by atoms with van der Waals surface area (Å²) < 4.78 is 26.2. The van der Waals surface area contributed by atoms with Gasteiger partial charge < -0.3 is 5.73 Å². The number of H-pyrrole nitrogens is 1. The molecule has 1 unspecified atom stereocenters. The number of nitrogens with two attached hydrogens (primary N) is 1. The predicted octanol–water partition coefficient (Wildman–Crippen LogP) is 1.76. The molecular formula is C10H9F2N3. The zero-order chi connectivity index (χ0) is 10.7. The molecule has 3 N–H and O–H groups in total. The number of benzene rings is 1. The second-order valence-electron chi connectivity index (χ2n) is 3.97. The van der Waals surface area contributed by atoms with Crippen LogP contribution in [0.5, 0.6) is 0 Å². The number of hydrogen-bond donors (Lipinski definition) is 2. The van der Waals surface area contributed by atoms with Crippen molar-refractivity contribution in [1.29, 1.82) is 0 Å². The summed E-state index contributed by atoms with van der Waals surface area (Å²) in [6.07, 6.45) is -0.313. The van der Waals surface area contributed by atoms with Crippen LogP contribution in [0, 0.1) is 0 Å². The number of nitrogens with one attached hydrogen (secondary N) is 1. The molecule has 1 saturated carbocycles. The molecule has 1 aliphatic carbocycles. The standard InChI is InChI=1S/C10H9F2N3/c11-10(12)5-9(10,13)8-6-3-1-2-4-7(6)14-15-8/h1-4H,5,13H2,(H,14,15). The Morgan fingerprint density at radius 1 is 1.33 bits per heavy atom. The molecule has 3 nitrogen and oxygen atoms in total. The molecule has 1 aromatic carbocycles. The minimum absolute atomic E-state index is 0.313. The fourth-order valence-corrected chi connectivity index (χ4v) is 1.88. The number of fused-ring (bicyclic) bond motifs is 1. The average Bonchev–Trinajstić information content (AvgIpc) is 2.61. The smallest absolute Gasteiger partial charge is 0.273 e. The molecule has 3 rings (SSSR count). The molecule has 0 saturated heterocycles. The van der Waals surface area contributed by atoms with E-state index in [0.717, 1.165) is 0 Å². The summed E-state index contributed by atoms with van der Waals surface area (Å²) in [5.41, 5.74) is 5.09. The summed E-state index contributed by atoms with van der Waals surface area (Å²) >= 11 is 0. The van der Waals surface area contributed by atoms with E-state index in [4.69, 9.17) is 5.73 Å². The van der Waals surface area contributed by atoms with Gasteiger partial charge in [0.1, 0.15) is 5.54 Å². The van der Waals surface area contributed by atoms with E-state index in [1.807, 2.05) is 0 Å². The van der Waals surface area contributed by atoms with E-state index >= 15 is 0 Å². The van der Waals surface area contributed by atoms with Crippen LogP contribution in [0.4, 0.5) is 8.78 Å². The highest BCUT2D eigenvalue weighted by Crippen LogP contribution is 2.58. The number of hydrogen-bond acceptors (Lipinski definition) is 2. The molecule has 1 aliphatic rings. The minimum atomic E-state index is -2.82. The molecule has 1 heterocycles. The topological polar surface area (TPSA) is 54.7 Å². The summed E-state index contributed by atoms with van der Waals surface area (Å²) in [5, 5.41) is 7.25. The van der Waals surface area contributed by atoms with E-state index in [9.17, 15) is 8.78 Å². The molecule has 1 atom stereocenters. The number of alkyl halides is 2. The molecule has 0 amide bonds. The Balaban J connectivity index is 2.21. The third kappa shape index (κ3) is 0.982. The average molecular weight is 209 g/mol.